The number of amides is 1. The van der Waals surface area contributed by atoms with Crippen molar-refractivity contribution in [2.24, 2.45) is 0 Å². The number of methoxy groups -OCH3 is 2. The lowest BCUT2D eigenvalue weighted by molar-refractivity contribution is -0.131. The Bertz CT molecular complexity index is 939. The molecule has 1 unspecified atom stereocenters. The van der Waals surface area contributed by atoms with Gasteiger partial charge in [0.05, 0.1) is 25.9 Å². The van der Waals surface area contributed by atoms with Gasteiger partial charge in [-0.05, 0) is 54.8 Å². The van der Waals surface area contributed by atoms with Crippen molar-refractivity contribution < 1.29 is 14.3 Å². The standard InChI is InChI=1S/C22H26N4O3/c1-16(17-5-8-19(9-6-17)26-15-23-14-24-26)25(2)22(27)12-7-18-13-20(28-3)10-11-21(18)29-4/h5-6,8-11,13-16H,7,12H2,1-4H3. The Kier molecular flexibility index (Phi) is 6.49. The normalized spacial score (nSPS) is 11.7. The molecule has 1 aromatic heterocycles. The number of hydrogen-bond donors (Lipinski definition) is 0. The van der Waals surface area contributed by atoms with E-state index in [0.29, 0.717) is 12.8 Å². The minimum atomic E-state index is -0.0421. The third kappa shape index (κ3) is 4.74. The molecule has 0 bridgehead atoms. The van der Waals surface area contributed by atoms with Gasteiger partial charge in [-0.15, -0.1) is 0 Å². The monoisotopic (exact) mass is 394 g/mol. The van der Waals surface area contributed by atoms with Crippen LogP contribution in [0.5, 0.6) is 11.5 Å². The highest BCUT2D eigenvalue weighted by atomic mass is 16.5. The van der Waals surface area contributed by atoms with Crippen LogP contribution in [-0.2, 0) is 11.2 Å². The minimum absolute atomic E-state index is 0.0421. The smallest absolute Gasteiger partial charge is 0.223 e. The van der Waals surface area contributed by atoms with Gasteiger partial charge in [-0.3, -0.25) is 4.79 Å². The Balaban J connectivity index is 1.64. The van der Waals surface area contributed by atoms with Gasteiger partial charge in [-0.2, -0.15) is 5.10 Å². The molecule has 0 aliphatic heterocycles. The molecule has 0 saturated carbocycles. The van der Waals surface area contributed by atoms with Crippen molar-refractivity contribution in [3.8, 4) is 17.2 Å². The van der Waals surface area contributed by atoms with Crippen LogP contribution < -0.4 is 9.47 Å². The number of ether oxygens (including phenoxy) is 2. The van der Waals surface area contributed by atoms with Gasteiger partial charge in [0.25, 0.3) is 0 Å². The number of aryl methyl sites for hydroxylation is 1. The molecule has 0 radical (unpaired) electrons. The van der Waals surface area contributed by atoms with E-state index in [1.807, 2.05) is 56.4 Å². The molecule has 7 heteroatoms. The maximum Gasteiger partial charge on any atom is 0.223 e. The summed E-state index contributed by atoms with van der Waals surface area (Å²) >= 11 is 0. The number of benzene rings is 2. The predicted molar refractivity (Wildman–Crippen MR) is 110 cm³/mol. The lowest BCUT2D eigenvalue weighted by Crippen LogP contribution is -2.29. The average Bonchev–Trinajstić information content (AvgIpc) is 3.31. The molecule has 1 atom stereocenters. The minimum Gasteiger partial charge on any atom is -0.497 e. The zero-order valence-electron chi connectivity index (χ0n) is 17.2. The first-order chi connectivity index (χ1) is 14.0. The maximum absolute atomic E-state index is 12.8. The van der Waals surface area contributed by atoms with E-state index in [4.69, 9.17) is 9.47 Å². The van der Waals surface area contributed by atoms with Gasteiger partial charge in [0.2, 0.25) is 5.91 Å². The second kappa shape index (κ2) is 9.23. The molecule has 0 aliphatic carbocycles. The first kappa shape index (κ1) is 20.4. The van der Waals surface area contributed by atoms with Crippen molar-refractivity contribution in [3.05, 3.63) is 66.2 Å². The molecule has 0 aliphatic rings. The van der Waals surface area contributed by atoms with Gasteiger partial charge >= 0.3 is 0 Å². The molecule has 1 heterocycles. The van der Waals surface area contributed by atoms with Crippen LogP contribution in [0.4, 0.5) is 0 Å². The van der Waals surface area contributed by atoms with E-state index in [-0.39, 0.29) is 11.9 Å². The summed E-state index contributed by atoms with van der Waals surface area (Å²) in [6.45, 7) is 2.02. The van der Waals surface area contributed by atoms with Gasteiger partial charge in [-0.1, -0.05) is 12.1 Å². The van der Waals surface area contributed by atoms with Crippen LogP contribution in [0.15, 0.2) is 55.1 Å². The molecule has 0 spiro atoms. The van der Waals surface area contributed by atoms with Crippen LogP contribution in [0.2, 0.25) is 0 Å². The second-order valence-corrected chi connectivity index (χ2v) is 6.79. The molecule has 29 heavy (non-hydrogen) atoms. The molecule has 3 rings (SSSR count). The molecule has 3 aromatic rings. The summed E-state index contributed by atoms with van der Waals surface area (Å²) < 4.78 is 12.4. The predicted octanol–water partition coefficient (Wildman–Crippen LogP) is 3.44. The van der Waals surface area contributed by atoms with E-state index in [1.54, 1.807) is 30.1 Å². The highest BCUT2D eigenvalue weighted by Crippen LogP contribution is 2.26. The van der Waals surface area contributed by atoms with Gasteiger partial charge in [0.15, 0.2) is 0 Å². The molecule has 2 aromatic carbocycles. The Morgan fingerprint density at radius 2 is 1.90 bits per heavy atom. The molecule has 0 saturated heterocycles. The van der Waals surface area contributed by atoms with Gasteiger partial charge in [-0.25, -0.2) is 9.67 Å². The zero-order valence-corrected chi connectivity index (χ0v) is 17.2. The fraction of sp³-hybridized carbons (Fsp3) is 0.318. The molecular weight excluding hydrogens is 368 g/mol. The number of aromatic nitrogens is 3. The third-order valence-electron chi connectivity index (χ3n) is 5.13. The topological polar surface area (TPSA) is 69.5 Å². The van der Waals surface area contributed by atoms with Crippen molar-refractivity contribution in [2.45, 2.75) is 25.8 Å². The number of carbonyl (C=O) groups is 1. The summed E-state index contributed by atoms with van der Waals surface area (Å²) in [6, 6.07) is 13.5. The summed E-state index contributed by atoms with van der Waals surface area (Å²) in [5, 5.41) is 4.13. The molecular formula is C22H26N4O3. The molecule has 7 nitrogen and oxygen atoms in total. The average molecular weight is 394 g/mol. The lowest BCUT2D eigenvalue weighted by Gasteiger charge is -2.26. The Morgan fingerprint density at radius 3 is 2.52 bits per heavy atom. The summed E-state index contributed by atoms with van der Waals surface area (Å²) in [7, 11) is 5.09. The molecule has 152 valence electrons. The second-order valence-electron chi connectivity index (χ2n) is 6.79. The fourth-order valence-electron chi connectivity index (χ4n) is 3.18. The van der Waals surface area contributed by atoms with Crippen LogP contribution in [0.1, 0.15) is 30.5 Å². The van der Waals surface area contributed by atoms with E-state index in [0.717, 1.165) is 28.3 Å². The molecule has 0 N–H and O–H groups in total. The summed E-state index contributed by atoms with van der Waals surface area (Å²) in [6.07, 6.45) is 4.13. The van der Waals surface area contributed by atoms with Crippen molar-refractivity contribution in [3.63, 3.8) is 0 Å². The van der Waals surface area contributed by atoms with Crippen molar-refractivity contribution >= 4 is 5.91 Å². The third-order valence-corrected chi connectivity index (χ3v) is 5.13. The maximum atomic E-state index is 12.8. The SMILES string of the molecule is COc1ccc(OC)c(CCC(=O)N(C)C(C)c2ccc(-n3cncn3)cc2)c1. The summed E-state index contributed by atoms with van der Waals surface area (Å²) in [5.74, 6) is 1.59. The molecule has 0 fully saturated rings. The van der Waals surface area contributed by atoms with E-state index in [9.17, 15) is 4.79 Å². The Labute approximate surface area is 170 Å². The Morgan fingerprint density at radius 1 is 1.14 bits per heavy atom. The van der Waals surface area contributed by atoms with Crippen molar-refractivity contribution in [1.29, 1.82) is 0 Å². The van der Waals surface area contributed by atoms with Crippen LogP contribution in [0, 0.1) is 0 Å². The van der Waals surface area contributed by atoms with E-state index in [1.165, 1.54) is 6.33 Å². The quantitative estimate of drug-likeness (QED) is 0.585. The van der Waals surface area contributed by atoms with E-state index in [2.05, 4.69) is 10.1 Å². The van der Waals surface area contributed by atoms with Crippen LogP contribution in [0.25, 0.3) is 5.69 Å². The zero-order chi connectivity index (χ0) is 20.8. The van der Waals surface area contributed by atoms with Crippen molar-refractivity contribution in [1.82, 2.24) is 19.7 Å². The highest BCUT2D eigenvalue weighted by Gasteiger charge is 2.18. The first-order valence-corrected chi connectivity index (χ1v) is 9.45. The lowest BCUT2D eigenvalue weighted by atomic mass is 10.0. The largest absolute Gasteiger partial charge is 0.497 e. The van der Waals surface area contributed by atoms with Crippen molar-refractivity contribution in [2.75, 3.05) is 21.3 Å². The number of hydrogen-bond acceptors (Lipinski definition) is 5. The number of rotatable bonds is 8. The Hall–Kier alpha value is -3.35. The highest BCUT2D eigenvalue weighted by molar-refractivity contribution is 5.76. The molecule has 1 amide bonds. The number of carbonyl (C=O) groups excluding carboxylic acids is 1. The van der Waals surface area contributed by atoms with E-state index >= 15 is 0 Å². The van der Waals surface area contributed by atoms with Crippen LogP contribution >= 0.6 is 0 Å². The van der Waals surface area contributed by atoms with Crippen LogP contribution in [0.3, 0.4) is 0 Å². The first-order valence-electron chi connectivity index (χ1n) is 9.45. The van der Waals surface area contributed by atoms with Gasteiger partial charge in [0, 0.05) is 13.5 Å². The van der Waals surface area contributed by atoms with Crippen LogP contribution in [-0.4, -0.2) is 46.8 Å². The fourth-order valence-corrected chi connectivity index (χ4v) is 3.18. The van der Waals surface area contributed by atoms with Gasteiger partial charge < -0.3 is 14.4 Å². The van der Waals surface area contributed by atoms with Gasteiger partial charge in [0.1, 0.15) is 24.2 Å². The van der Waals surface area contributed by atoms with E-state index < -0.39 is 0 Å². The summed E-state index contributed by atoms with van der Waals surface area (Å²) in [5.41, 5.74) is 2.94. The summed E-state index contributed by atoms with van der Waals surface area (Å²) in [4.78, 5) is 18.5. The number of nitrogens with zero attached hydrogens (tertiary/aromatic N) is 4.